The Bertz CT molecular complexity index is 329. The third kappa shape index (κ3) is 4.16. The van der Waals surface area contributed by atoms with Gasteiger partial charge in [-0.3, -0.25) is 4.98 Å². The lowest BCUT2D eigenvalue weighted by molar-refractivity contribution is 0.127. The summed E-state index contributed by atoms with van der Waals surface area (Å²) >= 11 is 0. The maximum Gasteiger partial charge on any atom is 0.138 e. The van der Waals surface area contributed by atoms with Gasteiger partial charge in [-0.25, -0.2) is 0 Å². The van der Waals surface area contributed by atoms with Gasteiger partial charge in [0, 0.05) is 24.9 Å². The largest absolute Gasteiger partial charge is 0.506 e. The van der Waals surface area contributed by atoms with Gasteiger partial charge in [0.05, 0.1) is 12.3 Å². The Kier molecular flexibility index (Phi) is 5.22. The molecular formula is C12H20N2O2. The number of nitrogens with one attached hydrogen (secondary N) is 1. The molecule has 90 valence electrons. The maximum atomic E-state index is 9.59. The normalized spacial score (nSPS) is 12.7. The van der Waals surface area contributed by atoms with E-state index in [-0.39, 0.29) is 11.8 Å². The molecule has 0 aliphatic rings. The van der Waals surface area contributed by atoms with Gasteiger partial charge in [0.15, 0.2) is 0 Å². The van der Waals surface area contributed by atoms with Crippen molar-refractivity contribution in [2.24, 2.45) is 0 Å². The second-order valence-corrected chi connectivity index (χ2v) is 3.86. The van der Waals surface area contributed by atoms with Crippen LogP contribution in [0.4, 0.5) is 0 Å². The Hall–Kier alpha value is -1.13. The molecule has 16 heavy (non-hydrogen) atoms. The molecule has 0 fully saturated rings. The van der Waals surface area contributed by atoms with Crippen LogP contribution in [-0.2, 0) is 11.3 Å². The minimum Gasteiger partial charge on any atom is -0.506 e. The molecule has 1 unspecified atom stereocenters. The summed E-state index contributed by atoms with van der Waals surface area (Å²) < 4.78 is 5.29. The first-order valence-electron chi connectivity index (χ1n) is 5.60. The molecule has 4 heteroatoms. The minimum atomic E-state index is 0.238. The van der Waals surface area contributed by atoms with Crippen molar-refractivity contribution >= 4 is 0 Å². The number of ether oxygens (including phenoxy) is 1. The number of nitrogens with zero attached hydrogens (tertiary/aromatic N) is 1. The molecule has 0 spiro atoms. The van der Waals surface area contributed by atoms with Crippen LogP contribution in [0.25, 0.3) is 0 Å². The highest BCUT2D eigenvalue weighted by atomic mass is 16.5. The molecule has 0 saturated carbocycles. The first kappa shape index (κ1) is 12.9. The molecule has 1 aromatic heterocycles. The van der Waals surface area contributed by atoms with Gasteiger partial charge in [0.1, 0.15) is 5.75 Å². The Morgan fingerprint density at radius 3 is 2.94 bits per heavy atom. The van der Waals surface area contributed by atoms with E-state index in [9.17, 15) is 5.11 Å². The summed E-state index contributed by atoms with van der Waals surface area (Å²) in [6, 6.07) is 3.72. The number of aryl methyl sites for hydroxylation is 1. The second kappa shape index (κ2) is 6.45. The zero-order valence-electron chi connectivity index (χ0n) is 10.2. The van der Waals surface area contributed by atoms with Crippen molar-refractivity contribution in [2.45, 2.75) is 33.4 Å². The Balaban J connectivity index is 2.44. The van der Waals surface area contributed by atoms with Crippen LogP contribution >= 0.6 is 0 Å². The van der Waals surface area contributed by atoms with E-state index in [0.717, 1.165) is 12.3 Å². The molecule has 0 amide bonds. The van der Waals surface area contributed by atoms with Gasteiger partial charge in [-0.15, -0.1) is 0 Å². The molecule has 0 saturated heterocycles. The highest BCUT2D eigenvalue weighted by Crippen LogP contribution is 2.14. The zero-order chi connectivity index (χ0) is 12.0. The molecule has 0 aromatic carbocycles. The predicted molar refractivity (Wildman–Crippen MR) is 63.4 cm³/mol. The van der Waals surface area contributed by atoms with E-state index in [2.05, 4.69) is 10.3 Å². The van der Waals surface area contributed by atoms with E-state index in [1.807, 2.05) is 20.8 Å². The summed E-state index contributed by atoms with van der Waals surface area (Å²) in [6.07, 6.45) is 0. The highest BCUT2D eigenvalue weighted by Gasteiger charge is 2.05. The van der Waals surface area contributed by atoms with E-state index < -0.39 is 0 Å². The van der Waals surface area contributed by atoms with Crippen molar-refractivity contribution in [1.29, 1.82) is 0 Å². The molecule has 0 aliphatic carbocycles. The standard InChI is InChI=1S/C12H20N2O2/c1-4-16-8-10(3)13-7-11-12(15)6-5-9(2)14-11/h5-6,10,13,15H,4,7-8H2,1-3H3. The monoisotopic (exact) mass is 224 g/mol. The van der Waals surface area contributed by atoms with Crippen LogP contribution in [0.3, 0.4) is 0 Å². The van der Waals surface area contributed by atoms with Crippen molar-refractivity contribution in [3.05, 3.63) is 23.5 Å². The summed E-state index contributed by atoms with van der Waals surface area (Å²) in [7, 11) is 0. The van der Waals surface area contributed by atoms with Crippen molar-refractivity contribution in [3.8, 4) is 5.75 Å². The zero-order valence-corrected chi connectivity index (χ0v) is 10.2. The average Bonchev–Trinajstić information content (AvgIpc) is 2.27. The van der Waals surface area contributed by atoms with Gasteiger partial charge < -0.3 is 15.2 Å². The first-order valence-corrected chi connectivity index (χ1v) is 5.60. The third-order valence-electron chi connectivity index (χ3n) is 2.28. The van der Waals surface area contributed by atoms with Crippen molar-refractivity contribution in [2.75, 3.05) is 13.2 Å². The number of aromatic nitrogens is 1. The molecule has 1 aromatic rings. The SMILES string of the molecule is CCOCC(C)NCc1nc(C)ccc1O. The Labute approximate surface area is 96.7 Å². The van der Waals surface area contributed by atoms with Gasteiger partial charge in [-0.1, -0.05) is 0 Å². The number of rotatable bonds is 6. The van der Waals surface area contributed by atoms with E-state index in [0.29, 0.717) is 18.8 Å². The predicted octanol–water partition coefficient (Wildman–Crippen LogP) is 1.61. The third-order valence-corrected chi connectivity index (χ3v) is 2.28. The fraction of sp³-hybridized carbons (Fsp3) is 0.583. The summed E-state index contributed by atoms with van der Waals surface area (Å²) in [5.41, 5.74) is 1.59. The van der Waals surface area contributed by atoms with Crippen LogP contribution in [-0.4, -0.2) is 29.3 Å². The van der Waals surface area contributed by atoms with Crippen LogP contribution in [0.2, 0.25) is 0 Å². The number of hydrogen-bond donors (Lipinski definition) is 2. The number of pyridine rings is 1. The van der Waals surface area contributed by atoms with E-state index in [1.54, 1.807) is 12.1 Å². The lowest BCUT2D eigenvalue weighted by Gasteiger charge is -2.13. The highest BCUT2D eigenvalue weighted by molar-refractivity contribution is 5.27. The molecular weight excluding hydrogens is 204 g/mol. The number of hydrogen-bond acceptors (Lipinski definition) is 4. The molecule has 1 heterocycles. The summed E-state index contributed by atoms with van der Waals surface area (Å²) in [5.74, 6) is 0.238. The van der Waals surface area contributed by atoms with Gasteiger partial charge in [0.25, 0.3) is 0 Å². The molecule has 1 atom stereocenters. The van der Waals surface area contributed by atoms with Crippen LogP contribution < -0.4 is 5.32 Å². The molecule has 0 radical (unpaired) electrons. The van der Waals surface area contributed by atoms with Crippen LogP contribution in [0.5, 0.6) is 5.75 Å². The van der Waals surface area contributed by atoms with Crippen LogP contribution in [0, 0.1) is 6.92 Å². The van der Waals surface area contributed by atoms with Crippen molar-refractivity contribution in [3.63, 3.8) is 0 Å². The Morgan fingerprint density at radius 2 is 2.25 bits per heavy atom. The summed E-state index contributed by atoms with van der Waals surface area (Å²) in [5, 5.41) is 12.8. The number of aromatic hydroxyl groups is 1. The average molecular weight is 224 g/mol. The Morgan fingerprint density at radius 1 is 1.50 bits per heavy atom. The second-order valence-electron chi connectivity index (χ2n) is 3.86. The van der Waals surface area contributed by atoms with E-state index in [4.69, 9.17) is 4.74 Å². The topological polar surface area (TPSA) is 54.4 Å². The first-order chi connectivity index (χ1) is 7.63. The van der Waals surface area contributed by atoms with Crippen LogP contribution in [0.1, 0.15) is 25.2 Å². The van der Waals surface area contributed by atoms with Gasteiger partial charge >= 0.3 is 0 Å². The van der Waals surface area contributed by atoms with E-state index in [1.165, 1.54) is 0 Å². The molecule has 4 nitrogen and oxygen atoms in total. The summed E-state index contributed by atoms with van der Waals surface area (Å²) in [6.45, 7) is 7.88. The summed E-state index contributed by atoms with van der Waals surface area (Å²) in [4.78, 5) is 4.27. The minimum absolute atomic E-state index is 0.238. The smallest absolute Gasteiger partial charge is 0.138 e. The van der Waals surface area contributed by atoms with E-state index >= 15 is 0 Å². The molecule has 2 N–H and O–H groups in total. The quantitative estimate of drug-likeness (QED) is 0.771. The molecule has 1 rings (SSSR count). The maximum absolute atomic E-state index is 9.59. The van der Waals surface area contributed by atoms with Gasteiger partial charge in [-0.05, 0) is 32.9 Å². The fourth-order valence-corrected chi connectivity index (χ4v) is 1.36. The van der Waals surface area contributed by atoms with Crippen molar-refractivity contribution < 1.29 is 9.84 Å². The molecule has 0 bridgehead atoms. The fourth-order valence-electron chi connectivity index (χ4n) is 1.36. The van der Waals surface area contributed by atoms with Crippen molar-refractivity contribution in [1.82, 2.24) is 10.3 Å². The molecule has 0 aliphatic heterocycles. The van der Waals surface area contributed by atoms with Crippen LogP contribution in [0.15, 0.2) is 12.1 Å². The van der Waals surface area contributed by atoms with Gasteiger partial charge in [-0.2, -0.15) is 0 Å². The lowest BCUT2D eigenvalue weighted by Crippen LogP contribution is -2.30. The van der Waals surface area contributed by atoms with Gasteiger partial charge in [0.2, 0.25) is 0 Å². The lowest BCUT2D eigenvalue weighted by atomic mass is 10.2.